The molecule has 0 unspecified atom stereocenters. The molecule has 0 heterocycles. The van der Waals surface area contributed by atoms with Crippen LogP contribution >= 0.6 is 12.0 Å². The Morgan fingerprint density at radius 1 is 0.667 bits per heavy atom. The third kappa shape index (κ3) is 3.64. The molecule has 36 heavy (non-hydrogen) atoms. The number of benzene rings is 4. The second-order valence-electron chi connectivity index (χ2n) is 9.05. The molecule has 4 aromatic carbocycles. The van der Waals surface area contributed by atoms with Crippen molar-refractivity contribution in [3.05, 3.63) is 107 Å². The average molecular weight is 493 g/mol. The van der Waals surface area contributed by atoms with Gasteiger partial charge in [-0.05, 0) is 63.1 Å². The molecular formula is C30H26BO4S. The van der Waals surface area contributed by atoms with Crippen molar-refractivity contribution in [1.29, 1.82) is 0 Å². The van der Waals surface area contributed by atoms with E-state index in [2.05, 4.69) is 84.9 Å². The van der Waals surface area contributed by atoms with E-state index in [4.69, 9.17) is 19.1 Å². The fourth-order valence-corrected chi connectivity index (χ4v) is 6.29. The molecule has 0 saturated carbocycles. The Balaban J connectivity index is 1.56. The molecule has 0 fully saturated rings. The number of hydrogen-bond donors (Lipinski definition) is 2. The lowest BCUT2D eigenvalue weighted by Gasteiger charge is -2.31. The van der Waals surface area contributed by atoms with Gasteiger partial charge in [0.05, 0.1) is 18.6 Å². The minimum absolute atomic E-state index is 0.00623. The van der Waals surface area contributed by atoms with Crippen molar-refractivity contribution < 1.29 is 19.1 Å². The monoisotopic (exact) mass is 493 g/mol. The van der Waals surface area contributed by atoms with E-state index in [1.165, 1.54) is 56.6 Å². The predicted molar refractivity (Wildman–Crippen MR) is 145 cm³/mol. The summed E-state index contributed by atoms with van der Waals surface area (Å²) in [6.45, 7) is 0.882. The first kappa shape index (κ1) is 23.5. The second-order valence-corrected chi connectivity index (χ2v) is 9.92. The Morgan fingerprint density at radius 3 is 2.00 bits per heavy atom. The van der Waals surface area contributed by atoms with E-state index in [0.29, 0.717) is 13.0 Å². The van der Waals surface area contributed by atoms with Crippen LogP contribution < -0.4 is 5.46 Å². The van der Waals surface area contributed by atoms with Crippen LogP contribution in [0.3, 0.4) is 0 Å². The summed E-state index contributed by atoms with van der Waals surface area (Å²) >= 11 is 1.31. The van der Waals surface area contributed by atoms with Crippen LogP contribution in [0.25, 0.3) is 22.3 Å². The van der Waals surface area contributed by atoms with Gasteiger partial charge in [0.15, 0.2) is 0 Å². The van der Waals surface area contributed by atoms with Crippen LogP contribution in [-0.4, -0.2) is 44.1 Å². The molecule has 0 amide bonds. The third-order valence-electron chi connectivity index (χ3n) is 7.05. The maximum atomic E-state index is 9.16. The van der Waals surface area contributed by atoms with Gasteiger partial charge in [-0.25, -0.2) is 0 Å². The van der Waals surface area contributed by atoms with Crippen molar-refractivity contribution in [3.8, 4) is 22.3 Å². The normalized spacial score (nSPS) is 13.8. The van der Waals surface area contributed by atoms with Crippen LogP contribution in [0.15, 0.2) is 89.8 Å². The van der Waals surface area contributed by atoms with Crippen molar-refractivity contribution in [2.75, 3.05) is 26.4 Å². The van der Waals surface area contributed by atoms with Crippen molar-refractivity contribution in [2.45, 2.75) is 16.7 Å². The lowest BCUT2D eigenvalue weighted by Crippen LogP contribution is -2.28. The van der Waals surface area contributed by atoms with Gasteiger partial charge in [0.2, 0.25) is 0 Å². The Hall–Kier alpha value is -2.87. The number of fused-ring (bicyclic) bond motifs is 10. The lowest BCUT2D eigenvalue weighted by atomic mass is 9.69. The summed E-state index contributed by atoms with van der Waals surface area (Å²) < 4.78 is 11.3. The molecule has 6 heteroatoms. The number of hydrogen-bond acceptors (Lipinski definition) is 5. The van der Waals surface area contributed by atoms with Crippen LogP contribution in [0.5, 0.6) is 0 Å². The van der Waals surface area contributed by atoms with E-state index >= 15 is 0 Å². The van der Waals surface area contributed by atoms with Crippen LogP contribution in [0.4, 0.5) is 0 Å². The van der Waals surface area contributed by atoms with Crippen molar-refractivity contribution in [1.82, 2.24) is 0 Å². The zero-order chi connectivity index (χ0) is 24.5. The Labute approximate surface area is 216 Å². The van der Waals surface area contributed by atoms with Gasteiger partial charge in [-0.1, -0.05) is 78.3 Å². The zero-order valence-electron chi connectivity index (χ0n) is 19.8. The smallest absolute Gasteiger partial charge is 0.329 e. The second kappa shape index (κ2) is 9.89. The predicted octanol–water partition coefficient (Wildman–Crippen LogP) is 4.69. The van der Waals surface area contributed by atoms with Crippen LogP contribution in [-0.2, 0) is 14.3 Å². The average Bonchev–Trinajstić information content (AvgIpc) is 3.38. The highest BCUT2D eigenvalue weighted by molar-refractivity contribution is 7.94. The molecular weight excluding hydrogens is 467 g/mol. The minimum Gasteiger partial charge on any atom is -0.434 e. The quantitative estimate of drug-likeness (QED) is 0.174. The summed E-state index contributed by atoms with van der Waals surface area (Å²) in [7, 11) is 1.80. The Morgan fingerprint density at radius 2 is 1.31 bits per heavy atom. The molecule has 0 bridgehead atoms. The van der Waals surface area contributed by atoms with Crippen molar-refractivity contribution in [2.24, 2.45) is 0 Å². The summed E-state index contributed by atoms with van der Waals surface area (Å²) in [5.41, 5.74) is 10.6. The molecule has 4 nitrogen and oxygen atoms in total. The molecule has 179 valence electrons. The standard InChI is InChI=1S/C30H26BO4S/c32-14-5-16-34-31-20-10-12-24-25-13-11-21(36-35-17-15-33)19-29(25)30(28(24)18-20)26-8-3-1-6-22(26)23-7-2-4-9-27(23)30/h1-4,6-13,18-19,32-33H,5,14-17H2. The van der Waals surface area contributed by atoms with E-state index < -0.39 is 5.41 Å². The van der Waals surface area contributed by atoms with E-state index in [1.54, 1.807) is 7.48 Å². The van der Waals surface area contributed by atoms with E-state index in [0.717, 1.165) is 10.4 Å². The fraction of sp³-hybridized carbons (Fsp3) is 0.200. The lowest BCUT2D eigenvalue weighted by molar-refractivity contribution is 0.221. The van der Waals surface area contributed by atoms with E-state index in [-0.39, 0.29) is 19.8 Å². The van der Waals surface area contributed by atoms with Gasteiger partial charge in [0, 0.05) is 30.2 Å². The highest BCUT2D eigenvalue weighted by Crippen LogP contribution is 2.62. The highest BCUT2D eigenvalue weighted by atomic mass is 32.2. The Kier molecular flexibility index (Phi) is 6.46. The van der Waals surface area contributed by atoms with Gasteiger partial charge in [0.1, 0.15) is 0 Å². The largest absolute Gasteiger partial charge is 0.434 e. The molecule has 0 aromatic heterocycles. The Bertz CT molecular complexity index is 1370. The number of aliphatic hydroxyl groups excluding tert-OH is 2. The third-order valence-corrected chi connectivity index (χ3v) is 7.79. The summed E-state index contributed by atoms with van der Waals surface area (Å²) in [5.74, 6) is 0. The maximum Gasteiger partial charge on any atom is 0.329 e. The topological polar surface area (TPSA) is 58.9 Å². The SMILES string of the molecule is OCCCO[B]c1ccc2c(c1)C1(c3ccccc3-c3ccccc31)c1cc(SOCCO)ccc1-2. The van der Waals surface area contributed by atoms with Gasteiger partial charge in [-0.2, -0.15) is 0 Å². The molecule has 2 aliphatic carbocycles. The molecule has 2 N–H and O–H groups in total. The molecule has 0 aliphatic heterocycles. The summed E-state index contributed by atoms with van der Waals surface area (Å²) in [4.78, 5) is 1.01. The van der Waals surface area contributed by atoms with Crippen LogP contribution in [0.2, 0.25) is 0 Å². The zero-order valence-corrected chi connectivity index (χ0v) is 20.6. The number of rotatable bonds is 9. The van der Waals surface area contributed by atoms with Crippen molar-refractivity contribution in [3.63, 3.8) is 0 Å². The molecule has 6 rings (SSSR count). The molecule has 1 spiro atoms. The first-order chi connectivity index (χ1) is 17.8. The highest BCUT2D eigenvalue weighted by Gasteiger charge is 2.51. The molecule has 2 aliphatic rings. The first-order valence-electron chi connectivity index (χ1n) is 12.2. The van der Waals surface area contributed by atoms with Crippen LogP contribution in [0, 0.1) is 0 Å². The molecule has 0 saturated heterocycles. The van der Waals surface area contributed by atoms with Gasteiger partial charge >= 0.3 is 7.48 Å². The van der Waals surface area contributed by atoms with Gasteiger partial charge < -0.3 is 19.1 Å². The fourth-order valence-electron chi connectivity index (χ4n) is 5.71. The van der Waals surface area contributed by atoms with Gasteiger partial charge in [-0.3, -0.25) is 0 Å². The van der Waals surface area contributed by atoms with Gasteiger partial charge in [-0.15, -0.1) is 0 Å². The van der Waals surface area contributed by atoms with Gasteiger partial charge in [0.25, 0.3) is 0 Å². The molecule has 4 aromatic rings. The van der Waals surface area contributed by atoms with Crippen molar-refractivity contribution >= 4 is 25.0 Å². The number of aliphatic hydroxyl groups is 2. The molecule has 0 atom stereocenters. The van der Waals surface area contributed by atoms with E-state index in [9.17, 15) is 0 Å². The summed E-state index contributed by atoms with van der Waals surface area (Å²) in [6.07, 6.45) is 0.608. The maximum absolute atomic E-state index is 9.16. The minimum atomic E-state index is -0.444. The molecule has 1 radical (unpaired) electrons. The summed E-state index contributed by atoms with van der Waals surface area (Å²) in [6, 6.07) is 30.5. The van der Waals surface area contributed by atoms with Crippen LogP contribution in [0.1, 0.15) is 28.7 Å². The van der Waals surface area contributed by atoms with E-state index in [1.807, 2.05) is 0 Å². The first-order valence-corrected chi connectivity index (χ1v) is 13.0. The summed E-state index contributed by atoms with van der Waals surface area (Å²) in [5, 5.41) is 18.2.